The number of carbonyl (C=O) groups excluding carboxylic acids is 1. The van der Waals surface area contributed by atoms with Crippen molar-refractivity contribution in [2.75, 3.05) is 0 Å². The molecule has 4 aromatic rings. The highest BCUT2D eigenvalue weighted by molar-refractivity contribution is 5.97. The van der Waals surface area contributed by atoms with Gasteiger partial charge in [-0.3, -0.25) is 14.2 Å². The lowest BCUT2D eigenvalue weighted by molar-refractivity contribution is -0.162. The van der Waals surface area contributed by atoms with Gasteiger partial charge in [0.25, 0.3) is 11.5 Å². The average Bonchev–Trinajstić information content (AvgIpc) is 2.86. The van der Waals surface area contributed by atoms with Crippen LogP contribution in [0.2, 0.25) is 0 Å². The fourth-order valence-corrected chi connectivity index (χ4v) is 4.15. The Labute approximate surface area is 223 Å². The number of aromatic nitrogens is 2. The first kappa shape index (κ1) is 29.2. The number of rotatable bonds is 6. The van der Waals surface area contributed by atoms with Gasteiger partial charge in [-0.1, -0.05) is 24.3 Å². The molecule has 2 aromatic carbocycles. The van der Waals surface area contributed by atoms with E-state index < -0.39 is 76.4 Å². The molecule has 15 heteroatoms. The summed E-state index contributed by atoms with van der Waals surface area (Å²) in [6, 6.07) is 5.87. The predicted molar refractivity (Wildman–Crippen MR) is 126 cm³/mol. The minimum absolute atomic E-state index is 0.0250. The van der Waals surface area contributed by atoms with Crippen molar-refractivity contribution in [3.63, 3.8) is 0 Å². The Morgan fingerprint density at radius 1 is 0.902 bits per heavy atom. The van der Waals surface area contributed by atoms with Crippen LogP contribution in [0.15, 0.2) is 65.7 Å². The van der Waals surface area contributed by atoms with E-state index in [1.165, 1.54) is 24.3 Å². The number of alkyl halides is 6. The minimum atomic E-state index is -5.49. The monoisotopic (exact) mass is 585 g/mol. The summed E-state index contributed by atoms with van der Waals surface area (Å²) in [6.45, 7) is 0. The number of carbonyl (C=O) groups is 2. The van der Waals surface area contributed by atoms with Gasteiger partial charge in [-0.25, -0.2) is 18.6 Å². The number of nitrogens with one attached hydrogen (secondary N) is 1. The van der Waals surface area contributed by atoms with Crippen molar-refractivity contribution in [3.8, 4) is 5.82 Å². The molecule has 7 nitrogen and oxygen atoms in total. The highest BCUT2D eigenvalue weighted by atomic mass is 19.4. The van der Waals surface area contributed by atoms with E-state index in [4.69, 9.17) is 0 Å². The van der Waals surface area contributed by atoms with E-state index in [0.29, 0.717) is 0 Å². The Hall–Kier alpha value is -4.82. The number of fused-ring (bicyclic) bond motifs is 1. The summed E-state index contributed by atoms with van der Waals surface area (Å²) >= 11 is 0. The molecule has 1 amide bonds. The molecular weight excluding hydrogens is 570 g/mol. The zero-order chi connectivity index (χ0) is 30.3. The molecule has 0 spiro atoms. The number of nitrogens with zero attached hydrogens (tertiary/aromatic N) is 2. The molecular formula is C26H15F8N3O4. The van der Waals surface area contributed by atoms with Gasteiger partial charge in [0.05, 0.1) is 11.1 Å². The Balaban J connectivity index is 1.79. The molecule has 0 aliphatic heterocycles. The largest absolute Gasteiger partial charge is 0.480 e. The second-order valence-electron chi connectivity index (χ2n) is 8.62. The van der Waals surface area contributed by atoms with Crippen LogP contribution in [-0.2, 0) is 23.6 Å². The fourth-order valence-electron chi connectivity index (χ4n) is 4.15. The second-order valence-corrected chi connectivity index (χ2v) is 8.62. The highest BCUT2D eigenvalue weighted by Crippen LogP contribution is 2.39. The Morgan fingerprint density at radius 3 is 2.10 bits per heavy atom. The molecule has 4 rings (SSSR count). The molecule has 0 radical (unpaired) electrons. The number of carboxylic acid groups (broad SMARTS) is 1. The third-order valence-corrected chi connectivity index (χ3v) is 5.99. The van der Waals surface area contributed by atoms with Crippen LogP contribution < -0.4 is 10.9 Å². The lowest BCUT2D eigenvalue weighted by Crippen LogP contribution is -2.43. The van der Waals surface area contributed by atoms with Crippen molar-refractivity contribution in [2.45, 2.75) is 24.8 Å². The topological polar surface area (TPSA) is 101 Å². The van der Waals surface area contributed by atoms with Crippen LogP contribution in [0.4, 0.5) is 35.1 Å². The van der Waals surface area contributed by atoms with Crippen LogP contribution in [0, 0.1) is 11.6 Å². The molecule has 1 atom stereocenters. The fraction of sp³-hybridized carbons (Fsp3) is 0.154. The van der Waals surface area contributed by atoms with Gasteiger partial charge in [0, 0.05) is 30.3 Å². The molecule has 41 heavy (non-hydrogen) atoms. The van der Waals surface area contributed by atoms with Crippen LogP contribution in [0.5, 0.6) is 0 Å². The smallest absolute Gasteiger partial charge is 0.418 e. The third kappa shape index (κ3) is 5.88. The zero-order valence-corrected chi connectivity index (χ0v) is 20.1. The van der Waals surface area contributed by atoms with E-state index in [-0.39, 0.29) is 33.2 Å². The number of halogens is 8. The van der Waals surface area contributed by atoms with Crippen LogP contribution in [0.25, 0.3) is 16.6 Å². The Kier molecular flexibility index (Phi) is 7.56. The van der Waals surface area contributed by atoms with Gasteiger partial charge in [0.15, 0.2) is 0 Å². The average molecular weight is 585 g/mol. The van der Waals surface area contributed by atoms with Gasteiger partial charge in [-0.05, 0) is 29.1 Å². The Morgan fingerprint density at radius 2 is 1.51 bits per heavy atom. The summed E-state index contributed by atoms with van der Waals surface area (Å²) in [4.78, 5) is 40.8. The van der Waals surface area contributed by atoms with E-state index in [9.17, 15) is 54.6 Å². The molecule has 0 bridgehead atoms. The number of hydrogen-bond donors (Lipinski definition) is 2. The van der Waals surface area contributed by atoms with Crippen LogP contribution in [0.3, 0.4) is 0 Å². The van der Waals surface area contributed by atoms with Crippen molar-refractivity contribution in [1.82, 2.24) is 14.9 Å². The summed E-state index contributed by atoms with van der Waals surface area (Å²) < 4.78 is 109. The van der Waals surface area contributed by atoms with Crippen LogP contribution >= 0.6 is 0 Å². The minimum Gasteiger partial charge on any atom is -0.480 e. The highest BCUT2D eigenvalue weighted by Gasteiger charge is 2.44. The molecule has 2 aromatic heterocycles. The van der Waals surface area contributed by atoms with Gasteiger partial charge in [0.1, 0.15) is 29.1 Å². The standard InChI is InChI=1S/C26H15F8N3O4/c27-17-5-2-6-18(28)21(17)23(39)36-19(24(40)41)9-12-3-1-4-14-13(12)7-8-35-22(14)37-11-16(26(32,33)34)15(10-20(37)38)25(29,30)31/h1-8,10-11,19H,9H2,(H,36,39)(H,40,41)/t19-/m0/s1. The normalized spacial score (nSPS) is 12.8. The van der Waals surface area contributed by atoms with Gasteiger partial charge in [-0.15, -0.1) is 0 Å². The molecule has 2 heterocycles. The van der Waals surface area contributed by atoms with Crippen molar-refractivity contribution < 1.29 is 49.8 Å². The summed E-state index contributed by atoms with van der Waals surface area (Å²) in [5.74, 6) is -5.94. The SMILES string of the molecule is O=C(N[C@@H](Cc1cccc2c(-n3cc(C(F)(F)F)c(C(F)(F)F)cc3=O)nccc12)C(=O)O)c1c(F)cccc1F. The molecule has 0 aliphatic rings. The maximum atomic E-state index is 14.0. The van der Waals surface area contributed by atoms with Crippen LogP contribution in [-0.4, -0.2) is 32.6 Å². The molecule has 214 valence electrons. The Bertz CT molecular complexity index is 1710. The number of carboxylic acids is 1. The summed E-state index contributed by atoms with van der Waals surface area (Å²) in [6.07, 6.45) is -10.5. The number of amides is 1. The van der Waals surface area contributed by atoms with Gasteiger partial charge >= 0.3 is 18.3 Å². The summed E-state index contributed by atoms with van der Waals surface area (Å²) in [5.41, 5.74) is -6.67. The number of benzene rings is 2. The van der Waals surface area contributed by atoms with Crippen molar-refractivity contribution in [1.29, 1.82) is 0 Å². The van der Waals surface area contributed by atoms with E-state index in [2.05, 4.69) is 4.98 Å². The number of pyridine rings is 2. The maximum absolute atomic E-state index is 14.0. The number of aliphatic carboxylic acids is 1. The first-order valence-corrected chi connectivity index (χ1v) is 11.4. The third-order valence-electron chi connectivity index (χ3n) is 5.99. The maximum Gasteiger partial charge on any atom is 0.418 e. The molecule has 0 aliphatic carbocycles. The van der Waals surface area contributed by atoms with E-state index >= 15 is 0 Å². The molecule has 0 fully saturated rings. The van der Waals surface area contributed by atoms with Gasteiger partial charge in [-0.2, -0.15) is 26.3 Å². The van der Waals surface area contributed by atoms with Gasteiger partial charge in [0.2, 0.25) is 0 Å². The number of hydrogen-bond acceptors (Lipinski definition) is 4. The van der Waals surface area contributed by atoms with Gasteiger partial charge < -0.3 is 10.4 Å². The van der Waals surface area contributed by atoms with Crippen molar-refractivity contribution in [3.05, 3.63) is 105 Å². The molecule has 0 saturated carbocycles. The quantitative estimate of drug-likeness (QED) is 0.306. The molecule has 2 N–H and O–H groups in total. The molecule has 0 unspecified atom stereocenters. The van der Waals surface area contributed by atoms with Crippen molar-refractivity contribution in [2.24, 2.45) is 0 Å². The van der Waals surface area contributed by atoms with Crippen LogP contribution in [0.1, 0.15) is 27.0 Å². The lowest BCUT2D eigenvalue weighted by Gasteiger charge is -2.19. The molecule has 0 saturated heterocycles. The van der Waals surface area contributed by atoms with E-state index in [0.717, 1.165) is 24.4 Å². The summed E-state index contributed by atoms with van der Waals surface area (Å²) in [5, 5.41) is 11.7. The summed E-state index contributed by atoms with van der Waals surface area (Å²) in [7, 11) is 0. The van der Waals surface area contributed by atoms with Crippen molar-refractivity contribution >= 4 is 22.6 Å². The lowest BCUT2D eigenvalue weighted by atomic mass is 9.99. The zero-order valence-electron chi connectivity index (χ0n) is 20.1. The first-order chi connectivity index (χ1) is 19.1. The van der Waals surface area contributed by atoms with E-state index in [1.54, 1.807) is 0 Å². The first-order valence-electron chi connectivity index (χ1n) is 11.4. The second kappa shape index (κ2) is 10.6. The predicted octanol–water partition coefficient (Wildman–Crippen LogP) is 5.13. The van der Waals surface area contributed by atoms with E-state index in [1.807, 2.05) is 5.32 Å².